The van der Waals surface area contributed by atoms with Gasteiger partial charge in [0, 0.05) is 37.3 Å². The molecule has 3 unspecified atom stereocenters. The van der Waals surface area contributed by atoms with Gasteiger partial charge in [-0.2, -0.15) is 0 Å². The van der Waals surface area contributed by atoms with Gasteiger partial charge in [-0.25, -0.2) is 0 Å². The summed E-state index contributed by atoms with van der Waals surface area (Å²) in [5, 5.41) is 3.71. The Morgan fingerprint density at radius 3 is 2.71 bits per heavy atom. The first-order valence-corrected chi connectivity index (χ1v) is 8.22. The lowest BCUT2D eigenvalue weighted by atomic mass is 9.90. The zero-order valence-corrected chi connectivity index (χ0v) is 13.5. The van der Waals surface area contributed by atoms with Gasteiger partial charge in [-0.3, -0.25) is 4.90 Å². The predicted octanol–water partition coefficient (Wildman–Crippen LogP) is 2.98. The fourth-order valence-corrected chi connectivity index (χ4v) is 3.76. The molecular formula is C18H28N2O. The van der Waals surface area contributed by atoms with Gasteiger partial charge in [0.05, 0.1) is 6.10 Å². The van der Waals surface area contributed by atoms with Crippen molar-refractivity contribution < 1.29 is 4.74 Å². The number of hydrogen-bond acceptors (Lipinski definition) is 3. The third-order valence-corrected chi connectivity index (χ3v) is 4.86. The van der Waals surface area contributed by atoms with Crippen molar-refractivity contribution in [3.05, 3.63) is 35.9 Å². The van der Waals surface area contributed by atoms with Crippen LogP contribution in [0.5, 0.6) is 0 Å². The molecule has 0 aromatic heterocycles. The molecular weight excluding hydrogens is 260 g/mol. The lowest BCUT2D eigenvalue weighted by molar-refractivity contribution is -0.0451. The van der Waals surface area contributed by atoms with Crippen molar-refractivity contribution in [3.63, 3.8) is 0 Å². The maximum Gasteiger partial charge on any atom is 0.0561 e. The van der Waals surface area contributed by atoms with E-state index in [0.29, 0.717) is 18.2 Å². The van der Waals surface area contributed by atoms with Gasteiger partial charge >= 0.3 is 0 Å². The first kappa shape index (κ1) is 15.0. The highest BCUT2D eigenvalue weighted by atomic mass is 16.5. The molecule has 2 aliphatic heterocycles. The standard InChI is InChI=1S/C18H28N2O/c1-14-11-16(9-10-21-14)20-13-18(2,3)19-12-17(20)15-7-5-4-6-8-15/h4-8,14,16-17,19H,9-13H2,1-3H3. The molecule has 2 aliphatic rings. The molecule has 1 aromatic rings. The summed E-state index contributed by atoms with van der Waals surface area (Å²) in [4.78, 5) is 2.73. The van der Waals surface area contributed by atoms with Crippen LogP contribution in [0.1, 0.15) is 45.2 Å². The summed E-state index contributed by atoms with van der Waals surface area (Å²) in [6.07, 6.45) is 2.70. The second-order valence-corrected chi connectivity index (χ2v) is 7.22. The number of rotatable bonds is 2. The molecule has 1 aromatic carbocycles. The summed E-state index contributed by atoms with van der Waals surface area (Å²) in [6, 6.07) is 12.1. The van der Waals surface area contributed by atoms with Crippen molar-refractivity contribution in [1.82, 2.24) is 10.2 Å². The average molecular weight is 288 g/mol. The topological polar surface area (TPSA) is 24.5 Å². The minimum atomic E-state index is 0.187. The van der Waals surface area contributed by atoms with Gasteiger partial charge in [0.15, 0.2) is 0 Å². The van der Waals surface area contributed by atoms with E-state index in [2.05, 4.69) is 61.3 Å². The highest BCUT2D eigenvalue weighted by molar-refractivity contribution is 5.21. The van der Waals surface area contributed by atoms with E-state index in [9.17, 15) is 0 Å². The van der Waals surface area contributed by atoms with Gasteiger partial charge in [0.25, 0.3) is 0 Å². The normalized spacial score (nSPS) is 33.8. The largest absolute Gasteiger partial charge is 0.378 e. The summed E-state index contributed by atoms with van der Waals surface area (Å²) >= 11 is 0. The Morgan fingerprint density at radius 2 is 2.00 bits per heavy atom. The van der Waals surface area contributed by atoms with Crippen molar-refractivity contribution in [2.75, 3.05) is 19.7 Å². The van der Waals surface area contributed by atoms with Gasteiger partial charge < -0.3 is 10.1 Å². The molecule has 3 heteroatoms. The van der Waals surface area contributed by atoms with Crippen LogP contribution >= 0.6 is 0 Å². The van der Waals surface area contributed by atoms with E-state index in [4.69, 9.17) is 4.74 Å². The van der Waals surface area contributed by atoms with E-state index in [-0.39, 0.29) is 5.54 Å². The molecule has 2 saturated heterocycles. The summed E-state index contributed by atoms with van der Waals surface area (Å²) in [5.74, 6) is 0. The van der Waals surface area contributed by atoms with Crippen molar-refractivity contribution in [2.45, 2.75) is 57.3 Å². The highest BCUT2D eigenvalue weighted by Crippen LogP contribution is 2.32. The molecule has 0 radical (unpaired) electrons. The molecule has 21 heavy (non-hydrogen) atoms. The number of ether oxygens (including phenoxy) is 1. The van der Waals surface area contributed by atoms with Crippen LogP contribution < -0.4 is 5.32 Å². The summed E-state index contributed by atoms with van der Waals surface area (Å²) in [7, 11) is 0. The van der Waals surface area contributed by atoms with E-state index >= 15 is 0 Å². The Morgan fingerprint density at radius 1 is 1.24 bits per heavy atom. The van der Waals surface area contributed by atoms with Crippen molar-refractivity contribution in [2.24, 2.45) is 0 Å². The summed E-state index contributed by atoms with van der Waals surface area (Å²) in [5.41, 5.74) is 1.62. The van der Waals surface area contributed by atoms with Crippen LogP contribution in [-0.4, -0.2) is 42.3 Å². The van der Waals surface area contributed by atoms with Crippen LogP contribution in [0.15, 0.2) is 30.3 Å². The first-order chi connectivity index (χ1) is 10.1. The monoisotopic (exact) mass is 288 g/mol. The molecule has 0 aliphatic carbocycles. The summed E-state index contributed by atoms with van der Waals surface area (Å²) in [6.45, 7) is 9.86. The van der Waals surface area contributed by atoms with Crippen LogP contribution in [0.25, 0.3) is 0 Å². The minimum absolute atomic E-state index is 0.187. The van der Waals surface area contributed by atoms with E-state index in [1.165, 1.54) is 5.56 Å². The van der Waals surface area contributed by atoms with Crippen molar-refractivity contribution in [1.29, 1.82) is 0 Å². The average Bonchev–Trinajstić information content (AvgIpc) is 2.47. The van der Waals surface area contributed by atoms with Crippen LogP contribution in [0.4, 0.5) is 0 Å². The number of nitrogens with one attached hydrogen (secondary N) is 1. The van der Waals surface area contributed by atoms with E-state index < -0.39 is 0 Å². The van der Waals surface area contributed by atoms with E-state index in [1.54, 1.807) is 0 Å². The molecule has 3 nitrogen and oxygen atoms in total. The third-order valence-electron chi connectivity index (χ3n) is 4.86. The van der Waals surface area contributed by atoms with Gasteiger partial charge in [0.2, 0.25) is 0 Å². The molecule has 2 fully saturated rings. The molecule has 2 heterocycles. The van der Waals surface area contributed by atoms with Crippen LogP contribution in [0.3, 0.4) is 0 Å². The molecule has 3 rings (SSSR count). The second-order valence-electron chi connectivity index (χ2n) is 7.22. The first-order valence-electron chi connectivity index (χ1n) is 8.22. The SMILES string of the molecule is CC1CC(N2CC(C)(C)NCC2c2ccccc2)CCO1. The predicted molar refractivity (Wildman–Crippen MR) is 86.4 cm³/mol. The molecule has 1 N–H and O–H groups in total. The highest BCUT2D eigenvalue weighted by Gasteiger charge is 2.38. The molecule has 0 spiro atoms. The zero-order chi connectivity index (χ0) is 14.9. The lowest BCUT2D eigenvalue weighted by Gasteiger charge is -2.49. The lowest BCUT2D eigenvalue weighted by Crippen LogP contribution is -2.61. The fraction of sp³-hybridized carbons (Fsp3) is 0.667. The number of hydrogen-bond donors (Lipinski definition) is 1. The van der Waals surface area contributed by atoms with E-state index in [0.717, 1.165) is 32.5 Å². The number of piperazine rings is 1. The van der Waals surface area contributed by atoms with Gasteiger partial charge in [-0.05, 0) is 39.2 Å². The molecule has 0 bridgehead atoms. The zero-order valence-electron chi connectivity index (χ0n) is 13.5. The Hall–Kier alpha value is -0.900. The quantitative estimate of drug-likeness (QED) is 0.905. The number of benzene rings is 1. The Kier molecular flexibility index (Phi) is 4.34. The van der Waals surface area contributed by atoms with Gasteiger partial charge in [0.1, 0.15) is 0 Å². The number of nitrogens with zero attached hydrogens (tertiary/aromatic N) is 1. The van der Waals surface area contributed by atoms with Crippen LogP contribution in [0, 0.1) is 0 Å². The Bertz CT molecular complexity index is 460. The van der Waals surface area contributed by atoms with Crippen LogP contribution in [0.2, 0.25) is 0 Å². The molecule has 116 valence electrons. The fourth-order valence-electron chi connectivity index (χ4n) is 3.76. The van der Waals surface area contributed by atoms with Gasteiger partial charge in [-0.15, -0.1) is 0 Å². The van der Waals surface area contributed by atoms with Crippen molar-refractivity contribution >= 4 is 0 Å². The third kappa shape index (κ3) is 3.47. The minimum Gasteiger partial charge on any atom is -0.378 e. The Labute approximate surface area is 128 Å². The summed E-state index contributed by atoms with van der Waals surface area (Å²) < 4.78 is 5.75. The second kappa shape index (κ2) is 6.07. The van der Waals surface area contributed by atoms with E-state index in [1.807, 2.05) is 0 Å². The van der Waals surface area contributed by atoms with Crippen molar-refractivity contribution in [3.8, 4) is 0 Å². The Balaban J connectivity index is 1.83. The maximum atomic E-state index is 5.75. The molecule has 0 amide bonds. The van der Waals surface area contributed by atoms with Crippen LogP contribution in [-0.2, 0) is 4.74 Å². The maximum absolute atomic E-state index is 5.75. The van der Waals surface area contributed by atoms with Gasteiger partial charge in [-0.1, -0.05) is 30.3 Å². The molecule has 0 saturated carbocycles. The smallest absolute Gasteiger partial charge is 0.0561 e. The molecule has 3 atom stereocenters.